The van der Waals surface area contributed by atoms with E-state index in [1.807, 2.05) is 30.7 Å². The number of aliphatic carboxylic acids is 2. The van der Waals surface area contributed by atoms with Crippen LogP contribution in [0, 0.1) is 11.3 Å². The monoisotopic (exact) mass is 428 g/mol. The number of carbonyl (C=O) groups is 2. The first-order chi connectivity index (χ1) is 15.5. The summed E-state index contributed by atoms with van der Waals surface area (Å²) >= 11 is 0. The molecule has 0 saturated carbocycles. The zero-order chi connectivity index (χ0) is 22.9. The SMILES string of the molecule is N#Cc1cccc(Cn2cc(Cn3ccnc3)c3ccccc32)c1.O=C(O)C=CC(=O)O. The molecule has 0 aliphatic rings. The van der Waals surface area contributed by atoms with Crippen molar-refractivity contribution in [3.63, 3.8) is 0 Å². The van der Waals surface area contributed by atoms with Crippen molar-refractivity contribution in [2.45, 2.75) is 13.1 Å². The number of para-hydroxylation sites is 1. The van der Waals surface area contributed by atoms with E-state index in [2.05, 4.69) is 56.7 Å². The molecule has 2 aromatic heterocycles. The largest absolute Gasteiger partial charge is 0.478 e. The Morgan fingerprint density at radius 3 is 2.44 bits per heavy atom. The van der Waals surface area contributed by atoms with E-state index in [0.717, 1.165) is 18.7 Å². The number of carboxylic acids is 2. The maximum absolute atomic E-state index is 9.55. The fourth-order valence-electron chi connectivity index (χ4n) is 3.24. The summed E-state index contributed by atoms with van der Waals surface area (Å²) < 4.78 is 4.32. The van der Waals surface area contributed by atoms with Crippen LogP contribution in [0.3, 0.4) is 0 Å². The van der Waals surface area contributed by atoms with Gasteiger partial charge in [0.15, 0.2) is 0 Å². The maximum Gasteiger partial charge on any atom is 0.328 e. The third-order valence-corrected chi connectivity index (χ3v) is 4.56. The third-order valence-electron chi connectivity index (χ3n) is 4.56. The van der Waals surface area contributed by atoms with Gasteiger partial charge in [0.05, 0.1) is 24.5 Å². The Bertz CT molecular complexity index is 1280. The molecule has 8 nitrogen and oxygen atoms in total. The maximum atomic E-state index is 9.55. The molecule has 0 aliphatic carbocycles. The van der Waals surface area contributed by atoms with Gasteiger partial charge in [0.2, 0.25) is 0 Å². The summed E-state index contributed by atoms with van der Waals surface area (Å²) in [7, 11) is 0. The van der Waals surface area contributed by atoms with Gasteiger partial charge in [0.1, 0.15) is 0 Å². The van der Waals surface area contributed by atoms with Gasteiger partial charge < -0.3 is 19.3 Å². The van der Waals surface area contributed by atoms with Gasteiger partial charge in [-0.1, -0.05) is 30.3 Å². The van der Waals surface area contributed by atoms with E-state index < -0.39 is 11.9 Å². The fraction of sp³-hybridized carbons (Fsp3) is 0.0833. The van der Waals surface area contributed by atoms with Gasteiger partial charge in [0.25, 0.3) is 0 Å². The lowest BCUT2D eigenvalue weighted by molar-refractivity contribution is -0.134. The van der Waals surface area contributed by atoms with Crippen molar-refractivity contribution in [3.05, 3.63) is 102 Å². The minimum Gasteiger partial charge on any atom is -0.478 e. The van der Waals surface area contributed by atoms with Crippen molar-refractivity contribution in [1.29, 1.82) is 5.26 Å². The second-order valence-electron chi connectivity index (χ2n) is 6.86. The Morgan fingerprint density at radius 1 is 1.03 bits per heavy atom. The predicted molar refractivity (Wildman–Crippen MR) is 118 cm³/mol. The molecular weight excluding hydrogens is 408 g/mol. The Labute approximate surface area is 183 Å². The summed E-state index contributed by atoms with van der Waals surface area (Å²) in [5.74, 6) is -2.51. The molecule has 0 aliphatic heterocycles. The van der Waals surface area contributed by atoms with E-state index in [4.69, 9.17) is 15.5 Å². The van der Waals surface area contributed by atoms with Gasteiger partial charge in [-0.05, 0) is 29.3 Å². The van der Waals surface area contributed by atoms with E-state index in [9.17, 15) is 9.59 Å². The smallest absolute Gasteiger partial charge is 0.328 e. The van der Waals surface area contributed by atoms with E-state index >= 15 is 0 Å². The summed E-state index contributed by atoms with van der Waals surface area (Å²) in [6.07, 6.45) is 8.92. The Hall–Kier alpha value is -4.64. The lowest BCUT2D eigenvalue weighted by Crippen LogP contribution is -1.99. The van der Waals surface area contributed by atoms with Crippen LogP contribution in [-0.2, 0) is 22.7 Å². The molecule has 0 saturated heterocycles. The van der Waals surface area contributed by atoms with Gasteiger partial charge in [-0.15, -0.1) is 0 Å². The molecule has 4 rings (SSSR count). The number of fused-ring (bicyclic) bond motifs is 1. The lowest BCUT2D eigenvalue weighted by atomic mass is 10.1. The predicted octanol–water partition coefficient (Wildman–Crippen LogP) is 3.52. The van der Waals surface area contributed by atoms with Gasteiger partial charge in [-0.3, -0.25) is 0 Å². The molecule has 8 heteroatoms. The Kier molecular flexibility index (Phi) is 7.17. The van der Waals surface area contributed by atoms with Crippen molar-refractivity contribution in [2.24, 2.45) is 0 Å². The van der Waals surface area contributed by atoms with Crippen LogP contribution in [0.25, 0.3) is 10.9 Å². The minimum atomic E-state index is -1.26. The van der Waals surface area contributed by atoms with Crippen LogP contribution < -0.4 is 0 Å². The van der Waals surface area contributed by atoms with Crippen LogP contribution in [-0.4, -0.2) is 36.3 Å². The first kappa shape index (κ1) is 22.1. The summed E-state index contributed by atoms with van der Waals surface area (Å²) in [6.45, 7) is 1.55. The van der Waals surface area contributed by atoms with Crippen molar-refractivity contribution >= 4 is 22.8 Å². The van der Waals surface area contributed by atoms with Gasteiger partial charge in [0, 0.05) is 48.2 Å². The highest BCUT2D eigenvalue weighted by Gasteiger charge is 2.09. The van der Waals surface area contributed by atoms with Crippen molar-refractivity contribution in [1.82, 2.24) is 14.1 Å². The summed E-state index contributed by atoms with van der Waals surface area (Å²) in [5.41, 5.74) is 4.29. The first-order valence-electron chi connectivity index (χ1n) is 9.61. The average molecular weight is 428 g/mol. The van der Waals surface area contributed by atoms with E-state index in [-0.39, 0.29) is 0 Å². The number of imidazole rings is 1. The molecule has 32 heavy (non-hydrogen) atoms. The molecule has 160 valence electrons. The molecule has 4 aromatic rings. The van der Waals surface area contributed by atoms with Crippen LogP contribution in [0.1, 0.15) is 16.7 Å². The molecule has 0 amide bonds. The van der Waals surface area contributed by atoms with Crippen molar-refractivity contribution in [2.75, 3.05) is 0 Å². The van der Waals surface area contributed by atoms with Crippen molar-refractivity contribution < 1.29 is 19.8 Å². The highest BCUT2D eigenvalue weighted by molar-refractivity contribution is 5.89. The van der Waals surface area contributed by atoms with Crippen LogP contribution in [0.4, 0.5) is 0 Å². The molecule has 2 aromatic carbocycles. The fourth-order valence-corrected chi connectivity index (χ4v) is 3.24. The summed E-state index contributed by atoms with van der Waals surface area (Å²) in [4.78, 5) is 23.2. The van der Waals surface area contributed by atoms with Gasteiger partial charge >= 0.3 is 11.9 Å². The topological polar surface area (TPSA) is 121 Å². The molecule has 0 atom stereocenters. The number of hydrogen-bond donors (Lipinski definition) is 2. The standard InChI is InChI=1S/C20H16N4.C4H4O4/c21-11-16-4-3-5-17(10-16)12-24-14-18(13-23-9-8-22-15-23)19-6-1-2-7-20(19)24;5-3(6)1-2-4(7)8/h1-10,14-15H,12-13H2;1-2H,(H,5,6)(H,7,8). The molecule has 0 bridgehead atoms. The van der Waals surface area contributed by atoms with Crippen LogP contribution in [0.2, 0.25) is 0 Å². The number of nitrogens with zero attached hydrogens (tertiary/aromatic N) is 4. The van der Waals surface area contributed by atoms with E-state index in [1.54, 1.807) is 6.20 Å². The highest BCUT2D eigenvalue weighted by Crippen LogP contribution is 2.23. The molecule has 0 fully saturated rings. The second-order valence-corrected chi connectivity index (χ2v) is 6.86. The quantitative estimate of drug-likeness (QED) is 0.453. The molecule has 0 spiro atoms. The van der Waals surface area contributed by atoms with E-state index in [0.29, 0.717) is 17.7 Å². The summed E-state index contributed by atoms with van der Waals surface area (Å²) in [6, 6.07) is 18.4. The number of rotatable bonds is 6. The zero-order valence-electron chi connectivity index (χ0n) is 17.0. The lowest BCUT2D eigenvalue weighted by Gasteiger charge is -2.06. The zero-order valence-corrected chi connectivity index (χ0v) is 17.0. The summed E-state index contributed by atoms with van der Waals surface area (Å²) in [5, 5.41) is 26.0. The Morgan fingerprint density at radius 2 is 1.78 bits per heavy atom. The molecule has 0 radical (unpaired) electrons. The first-order valence-corrected chi connectivity index (χ1v) is 9.61. The molecule has 2 heterocycles. The molecule has 0 unspecified atom stereocenters. The van der Waals surface area contributed by atoms with Crippen LogP contribution >= 0.6 is 0 Å². The second kappa shape index (κ2) is 10.4. The van der Waals surface area contributed by atoms with Crippen molar-refractivity contribution in [3.8, 4) is 6.07 Å². The van der Waals surface area contributed by atoms with Crippen LogP contribution in [0.15, 0.2) is 85.6 Å². The number of aromatic nitrogens is 3. The number of benzene rings is 2. The normalized spacial score (nSPS) is 10.5. The minimum absolute atomic E-state index is 0.558. The van der Waals surface area contributed by atoms with Gasteiger partial charge in [-0.2, -0.15) is 5.26 Å². The van der Waals surface area contributed by atoms with Gasteiger partial charge in [-0.25, -0.2) is 14.6 Å². The third kappa shape index (κ3) is 5.93. The number of nitriles is 1. The van der Waals surface area contributed by atoms with Crippen LogP contribution in [0.5, 0.6) is 0 Å². The van der Waals surface area contributed by atoms with E-state index in [1.165, 1.54) is 16.5 Å². The highest BCUT2D eigenvalue weighted by atomic mass is 16.4. The average Bonchev–Trinajstić information content (AvgIpc) is 3.42. The number of carboxylic acid groups (broad SMARTS) is 2. The molecular formula is C24H20N4O4. The Balaban J connectivity index is 0.000000312. The molecule has 2 N–H and O–H groups in total. The number of hydrogen-bond acceptors (Lipinski definition) is 4.